The van der Waals surface area contributed by atoms with Crippen molar-refractivity contribution >= 4 is 20.2 Å². The molecule has 0 fully saturated rings. The van der Waals surface area contributed by atoms with Crippen LogP contribution in [-0.4, -0.2) is 20.2 Å². The minimum atomic E-state index is -0.0139. The van der Waals surface area contributed by atoms with Crippen LogP contribution in [-0.2, 0) is 4.12 Å². The first kappa shape index (κ1) is 13.0. The second-order valence-electron chi connectivity index (χ2n) is 2.28. The van der Waals surface area contributed by atoms with E-state index in [0.717, 1.165) is 10.5 Å². The Kier molecular flexibility index (Phi) is 21.1. The zero-order valence-corrected chi connectivity index (χ0v) is 11.4. The highest BCUT2D eigenvalue weighted by atomic mass is 28.3. The first-order valence-electron chi connectivity index (χ1n) is 4.32. The Labute approximate surface area is 71.0 Å². The Balaban J connectivity index is 0. The van der Waals surface area contributed by atoms with Crippen LogP contribution in [0.5, 0.6) is 0 Å². The lowest BCUT2D eigenvalue weighted by Crippen LogP contribution is -1.82. The molecule has 0 rings (SSSR count). The lowest BCUT2D eigenvalue weighted by molar-refractivity contribution is 0.671. The molecular weight excluding hydrogens is 156 g/mol. The maximum Gasteiger partial charge on any atom is 0.142 e. The van der Waals surface area contributed by atoms with E-state index in [9.17, 15) is 0 Å². The normalized spacial score (nSPS) is 9.90. The number of rotatable bonds is 4. The van der Waals surface area contributed by atoms with Gasteiger partial charge < -0.3 is 4.12 Å². The number of hydrogen-bond acceptors (Lipinski definition) is 1. The summed E-state index contributed by atoms with van der Waals surface area (Å²) in [6.45, 7) is 6.60. The van der Waals surface area contributed by atoms with Gasteiger partial charge in [-0.05, 0) is 0 Å². The maximum atomic E-state index is 4.82. The highest BCUT2D eigenvalue weighted by Gasteiger charge is 1.75. The monoisotopic (exact) mass is 178 g/mol. The third-order valence-corrected chi connectivity index (χ3v) is 3.56. The third kappa shape index (κ3) is 23.8. The van der Waals surface area contributed by atoms with Gasteiger partial charge in [-0.1, -0.05) is 46.1 Å². The predicted molar refractivity (Wildman–Crippen MR) is 55.2 cm³/mol. The van der Waals surface area contributed by atoms with Gasteiger partial charge in [0.1, 0.15) is 20.2 Å². The second-order valence-corrected chi connectivity index (χ2v) is 5.17. The maximum absolute atomic E-state index is 4.82. The van der Waals surface area contributed by atoms with Crippen molar-refractivity contribution in [2.45, 2.75) is 46.1 Å². The van der Waals surface area contributed by atoms with E-state index in [4.69, 9.17) is 4.12 Å². The Morgan fingerprint density at radius 1 is 1.20 bits per heavy atom. The van der Waals surface area contributed by atoms with Crippen molar-refractivity contribution in [3.05, 3.63) is 0 Å². The van der Waals surface area contributed by atoms with Gasteiger partial charge in [-0.3, -0.25) is 0 Å². The molecule has 64 valence electrons. The zero-order valence-electron chi connectivity index (χ0n) is 7.94. The quantitative estimate of drug-likeness (QED) is 0.461. The summed E-state index contributed by atoms with van der Waals surface area (Å²) in [5.41, 5.74) is 0. The molecule has 0 aromatic carbocycles. The summed E-state index contributed by atoms with van der Waals surface area (Å²) in [5, 5.41) is 0. The Morgan fingerprint density at radius 2 is 1.50 bits per heavy atom. The van der Waals surface area contributed by atoms with Crippen molar-refractivity contribution in [2.75, 3.05) is 0 Å². The van der Waals surface area contributed by atoms with Crippen LogP contribution in [0.4, 0.5) is 0 Å². The average molecular weight is 178 g/mol. The molecule has 3 heteroatoms. The van der Waals surface area contributed by atoms with E-state index < -0.39 is 0 Å². The van der Waals surface area contributed by atoms with Gasteiger partial charge in [-0.2, -0.15) is 0 Å². The number of unbranched alkanes of at least 4 members (excludes halogenated alkanes) is 3. The van der Waals surface area contributed by atoms with Gasteiger partial charge in [0.15, 0.2) is 0 Å². The molecule has 1 nitrogen and oxygen atoms in total. The predicted octanol–water partition coefficient (Wildman–Crippen LogP) is 1.00. The Morgan fingerprint density at radius 3 is 1.60 bits per heavy atom. The van der Waals surface area contributed by atoms with E-state index in [1.807, 2.05) is 0 Å². The van der Waals surface area contributed by atoms with Crippen molar-refractivity contribution in [1.29, 1.82) is 0 Å². The van der Waals surface area contributed by atoms with Crippen molar-refractivity contribution in [1.82, 2.24) is 0 Å². The summed E-state index contributed by atoms with van der Waals surface area (Å²) in [5.74, 6) is 0. The molecule has 0 atom stereocenters. The van der Waals surface area contributed by atoms with Crippen LogP contribution in [0.3, 0.4) is 0 Å². The van der Waals surface area contributed by atoms with Crippen LogP contribution in [0.2, 0.25) is 6.55 Å². The van der Waals surface area contributed by atoms with E-state index in [2.05, 4.69) is 20.4 Å². The van der Waals surface area contributed by atoms with Gasteiger partial charge in [0, 0.05) is 0 Å². The van der Waals surface area contributed by atoms with E-state index in [1.54, 1.807) is 0 Å². The molecule has 0 aromatic heterocycles. The van der Waals surface area contributed by atoms with Gasteiger partial charge in [0.05, 0.1) is 0 Å². The van der Waals surface area contributed by atoms with E-state index in [-0.39, 0.29) is 9.76 Å². The summed E-state index contributed by atoms with van der Waals surface area (Å²) < 4.78 is 4.82. The van der Waals surface area contributed by atoms with Gasteiger partial charge >= 0.3 is 0 Å². The van der Waals surface area contributed by atoms with Crippen molar-refractivity contribution < 1.29 is 4.12 Å². The minimum Gasteiger partial charge on any atom is -0.468 e. The summed E-state index contributed by atoms with van der Waals surface area (Å²) in [7, 11) is 0.938. The number of hydrogen-bond donors (Lipinski definition) is 0. The molecule has 0 saturated heterocycles. The van der Waals surface area contributed by atoms with Crippen LogP contribution in [0.1, 0.15) is 39.5 Å². The molecule has 0 aliphatic rings. The highest BCUT2D eigenvalue weighted by molar-refractivity contribution is 6.32. The third-order valence-electron chi connectivity index (χ3n) is 1.25. The summed E-state index contributed by atoms with van der Waals surface area (Å²) in [6.07, 6.45) is 5.54. The smallest absolute Gasteiger partial charge is 0.142 e. The van der Waals surface area contributed by atoms with E-state index >= 15 is 0 Å². The summed E-state index contributed by atoms with van der Waals surface area (Å²) in [6, 6.07) is 0. The van der Waals surface area contributed by atoms with Crippen LogP contribution in [0.15, 0.2) is 0 Å². The molecule has 0 saturated carbocycles. The van der Waals surface area contributed by atoms with Crippen molar-refractivity contribution in [3.63, 3.8) is 0 Å². The van der Waals surface area contributed by atoms with E-state index in [1.165, 1.54) is 25.7 Å². The van der Waals surface area contributed by atoms with Crippen LogP contribution in [0, 0.1) is 0 Å². The molecule has 0 spiro atoms. The Hall–Kier alpha value is 0.394. The summed E-state index contributed by atoms with van der Waals surface area (Å²) >= 11 is 0. The molecule has 10 heavy (non-hydrogen) atoms. The molecule has 0 aromatic rings. The minimum absolute atomic E-state index is 0.0139. The molecule has 0 bridgehead atoms. The molecule has 0 unspecified atom stereocenters. The largest absolute Gasteiger partial charge is 0.468 e. The molecular formula is C7H22OSi2. The van der Waals surface area contributed by atoms with Crippen LogP contribution < -0.4 is 0 Å². The van der Waals surface area contributed by atoms with Crippen LogP contribution in [0.25, 0.3) is 0 Å². The standard InChI is InChI=1S/C6H14.CH8OSi2/c1-3-5-6-4-2;1-4-2-3/h3-6H2,1-2H3;4H2,1,3H3. The first-order chi connectivity index (χ1) is 4.83. The second kappa shape index (κ2) is 16.2. The lowest BCUT2D eigenvalue weighted by atomic mass is 10.2. The van der Waals surface area contributed by atoms with Gasteiger partial charge in [0.25, 0.3) is 0 Å². The summed E-state index contributed by atoms with van der Waals surface area (Å²) in [4.78, 5) is 0. The van der Waals surface area contributed by atoms with E-state index in [0.29, 0.717) is 0 Å². The Bertz CT molecular complexity index is 36.6. The topological polar surface area (TPSA) is 9.23 Å². The fourth-order valence-corrected chi connectivity index (χ4v) is 0.500. The molecule has 0 aliphatic carbocycles. The SMILES string of the molecule is CCCCCC.C[SiH2]O[SiH3]. The lowest BCUT2D eigenvalue weighted by Gasteiger charge is -1.86. The van der Waals surface area contributed by atoms with Gasteiger partial charge in [0.2, 0.25) is 0 Å². The molecule has 0 heterocycles. The van der Waals surface area contributed by atoms with Gasteiger partial charge in [-0.15, -0.1) is 0 Å². The fourth-order valence-electron chi connectivity index (χ4n) is 0.500. The van der Waals surface area contributed by atoms with Gasteiger partial charge in [-0.25, -0.2) is 0 Å². The molecule has 0 amide bonds. The first-order valence-corrected chi connectivity index (χ1v) is 7.13. The highest BCUT2D eigenvalue weighted by Crippen LogP contribution is 1.95. The molecule has 0 aliphatic heterocycles. The fraction of sp³-hybridized carbons (Fsp3) is 1.00. The molecule has 0 N–H and O–H groups in total. The van der Waals surface area contributed by atoms with Crippen molar-refractivity contribution in [2.24, 2.45) is 0 Å². The average Bonchev–Trinajstić information content (AvgIpc) is 2.01. The zero-order chi connectivity index (χ0) is 8.24. The van der Waals surface area contributed by atoms with Crippen LogP contribution >= 0.6 is 0 Å². The van der Waals surface area contributed by atoms with Crippen molar-refractivity contribution in [3.8, 4) is 0 Å². The molecule has 0 radical (unpaired) electrons.